The zero-order chi connectivity index (χ0) is 27.3. The quantitative estimate of drug-likeness (QED) is 0.163. The van der Waals surface area contributed by atoms with Crippen LogP contribution in [0, 0.1) is 34.5 Å². The summed E-state index contributed by atoms with van der Waals surface area (Å²) in [5.74, 6) is -17.7. The van der Waals surface area contributed by atoms with Crippen LogP contribution in [0.1, 0.15) is 66.2 Å². The molecular weight excluding hydrogens is 498 g/mol. The van der Waals surface area contributed by atoms with E-state index in [9.17, 15) is 40.7 Å². The lowest BCUT2D eigenvalue weighted by molar-refractivity contribution is -0.382. The van der Waals surface area contributed by atoms with Crippen molar-refractivity contribution in [3.8, 4) is 0 Å². The average molecular weight is 531 g/mol. The van der Waals surface area contributed by atoms with Gasteiger partial charge in [0.25, 0.3) is 0 Å². The molecule has 6 nitrogen and oxygen atoms in total. The van der Waals surface area contributed by atoms with Crippen LogP contribution in [0.2, 0.25) is 0 Å². The minimum Gasteiger partial charge on any atom is -0.462 e. The summed E-state index contributed by atoms with van der Waals surface area (Å²) in [5.41, 5.74) is -2.37. The summed E-state index contributed by atoms with van der Waals surface area (Å²) in [6, 6.07) is 0. The van der Waals surface area contributed by atoms with E-state index in [1.165, 1.54) is 0 Å². The van der Waals surface area contributed by atoms with Crippen molar-refractivity contribution in [2.45, 2.75) is 84.2 Å². The Morgan fingerprint density at radius 1 is 0.806 bits per heavy atom. The van der Waals surface area contributed by atoms with E-state index in [1.807, 2.05) is 0 Å². The Bertz CT molecular complexity index is 849. The first-order valence-corrected chi connectivity index (χ1v) is 12.1. The highest BCUT2D eigenvalue weighted by atomic mass is 19.3. The van der Waals surface area contributed by atoms with Gasteiger partial charge in [-0.15, -0.1) is 0 Å². The van der Waals surface area contributed by atoms with Gasteiger partial charge in [0.2, 0.25) is 0 Å². The third-order valence-electron chi connectivity index (χ3n) is 8.23. The summed E-state index contributed by atoms with van der Waals surface area (Å²) < 4.78 is 98.2. The van der Waals surface area contributed by atoms with E-state index in [-0.39, 0.29) is 42.9 Å². The minimum absolute atomic E-state index is 0.0783. The normalized spacial score (nSPS) is 28.2. The van der Waals surface area contributed by atoms with Gasteiger partial charge in [-0.05, 0) is 76.0 Å². The molecule has 0 aliphatic heterocycles. The summed E-state index contributed by atoms with van der Waals surface area (Å²) in [7, 11) is 0. The molecule has 0 saturated heterocycles. The number of ether oxygens (including phenoxy) is 3. The third-order valence-corrected chi connectivity index (χ3v) is 8.23. The molecule has 0 unspecified atom stereocenters. The van der Waals surface area contributed by atoms with E-state index in [4.69, 9.17) is 4.74 Å². The molecular formula is C24H32F6O6. The van der Waals surface area contributed by atoms with Crippen LogP contribution in [0.5, 0.6) is 0 Å². The van der Waals surface area contributed by atoms with Gasteiger partial charge in [-0.3, -0.25) is 9.59 Å². The summed E-state index contributed by atoms with van der Waals surface area (Å²) in [6.07, 6.45) is -2.98. The van der Waals surface area contributed by atoms with Gasteiger partial charge >= 0.3 is 35.9 Å². The second-order valence-corrected chi connectivity index (χ2v) is 11.4. The number of hydrogen-bond acceptors (Lipinski definition) is 6. The molecule has 4 rings (SSSR count). The monoisotopic (exact) mass is 530 g/mol. The Labute approximate surface area is 205 Å². The molecule has 0 atom stereocenters. The summed E-state index contributed by atoms with van der Waals surface area (Å²) in [5, 5.41) is 0. The maximum absolute atomic E-state index is 14.3. The van der Waals surface area contributed by atoms with Gasteiger partial charge in [0.1, 0.15) is 13.2 Å². The topological polar surface area (TPSA) is 78.9 Å². The summed E-state index contributed by atoms with van der Waals surface area (Å²) in [4.78, 5) is 36.3. The molecule has 0 radical (unpaired) electrons. The maximum atomic E-state index is 14.3. The molecule has 0 N–H and O–H groups in total. The zero-order valence-electron chi connectivity index (χ0n) is 20.7. The fourth-order valence-electron chi connectivity index (χ4n) is 5.74. The predicted molar refractivity (Wildman–Crippen MR) is 112 cm³/mol. The van der Waals surface area contributed by atoms with E-state index in [1.54, 1.807) is 27.7 Å². The van der Waals surface area contributed by atoms with Gasteiger partial charge in [0, 0.05) is 0 Å². The lowest BCUT2D eigenvalue weighted by Gasteiger charge is -2.55. The standard InChI is InChI=1S/C24H32F6O6/c1-13(2)20(3,4)17(31)34-5-6-35-19(33)22(25,26)23(27,28)24(29,30)36-18(32)21-10-14-7-15(11-21)9-16(8-14)12-21/h13-16H,5-12H2,1-4H3. The van der Waals surface area contributed by atoms with Crippen LogP contribution >= 0.6 is 0 Å². The fourth-order valence-corrected chi connectivity index (χ4v) is 5.74. The first-order valence-electron chi connectivity index (χ1n) is 12.1. The number of esters is 3. The molecule has 0 heterocycles. The molecule has 0 aromatic carbocycles. The fraction of sp³-hybridized carbons (Fsp3) is 0.875. The third kappa shape index (κ3) is 4.92. The molecule has 4 saturated carbocycles. The van der Waals surface area contributed by atoms with Crippen LogP contribution < -0.4 is 0 Å². The number of alkyl halides is 6. The van der Waals surface area contributed by atoms with Crippen LogP contribution in [0.15, 0.2) is 0 Å². The SMILES string of the molecule is CC(C)C(C)(C)C(=O)OCCOC(=O)C(F)(F)C(F)(F)C(F)(F)OC(=O)C12CC3CC(CC(C3)C1)C2. The minimum atomic E-state index is -6.38. The Hall–Kier alpha value is -2.01. The van der Waals surface area contributed by atoms with Crippen molar-refractivity contribution >= 4 is 17.9 Å². The molecule has 0 aromatic heterocycles. The van der Waals surface area contributed by atoms with Gasteiger partial charge in [0.15, 0.2) is 0 Å². The molecule has 4 fully saturated rings. The van der Waals surface area contributed by atoms with E-state index in [2.05, 4.69) is 9.47 Å². The van der Waals surface area contributed by atoms with Gasteiger partial charge < -0.3 is 14.2 Å². The van der Waals surface area contributed by atoms with Crippen molar-refractivity contribution < 1.29 is 54.9 Å². The lowest BCUT2D eigenvalue weighted by atomic mass is 9.49. The van der Waals surface area contributed by atoms with Crippen LogP contribution in [-0.2, 0) is 28.6 Å². The van der Waals surface area contributed by atoms with Crippen molar-refractivity contribution in [3.05, 3.63) is 0 Å². The van der Waals surface area contributed by atoms with Gasteiger partial charge in [-0.1, -0.05) is 13.8 Å². The van der Waals surface area contributed by atoms with Crippen molar-refractivity contribution in [1.82, 2.24) is 0 Å². The highest BCUT2D eigenvalue weighted by Gasteiger charge is 2.79. The van der Waals surface area contributed by atoms with E-state index in [0.717, 1.165) is 19.3 Å². The predicted octanol–water partition coefficient (Wildman–Crippen LogP) is 5.38. The van der Waals surface area contributed by atoms with E-state index >= 15 is 0 Å². The molecule has 0 amide bonds. The first kappa shape index (κ1) is 28.6. The van der Waals surface area contributed by atoms with E-state index < -0.39 is 59.9 Å². The van der Waals surface area contributed by atoms with E-state index in [0.29, 0.717) is 0 Å². The Balaban J connectivity index is 1.60. The van der Waals surface area contributed by atoms with Gasteiger partial charge in [-0.25, -0.2) is 4.79 Å². The highest BCUT2D eigenvalue weighted by molar-refractivity contribution is 5.80. The zero-order valence-corrected chi connectivity index (χ0v) is 20.7. The van der Waals surface area contributed by atoms with Crippen LogP contribution in [0.25, 0.3) is 0 Å². The van der Waals surface area contributed by atoms with Crippen molar-refractivity contribution in [2.75, 3.05) is 13.2 Å². The molecule has 0 spiro atoms. The highest BCUT2D eigenvalue weighted by Crippen LogP contribution is 2.61. The van der Waals surface area contributed by atoms with Crippen molar-refractivity contribution in [1.29, 1.82) is 0 Å². The molecule has 36 heavy (non-hydrogen) atoms. The second-order valence-electron chi connectivity index (χ2n) is 11.4. The Morgan fingerprint density at radius 2 is 1.22 bits per heavy atom. The maximum Gasteiger partial charge on any atom is 0.473 e. The molecule has 4 bridgehead atoms. The Kier molecular flexibility index (Phi) is 7.44. The molecule has 0 aromatic rings. The van der Waals surface area contributed by atoms with Gasteiger partial charge in [0.05, 0.1) is 10.8 Å². The number of rotatable bonds is 10. The largest absolute Gasteiger partial charge is 0.473 e. The van der Waals surface area contributed by atoms with Crippen LogP contribution in [-0.4, -0.2) is 49.1 Å². The smallest absolute Gasteiger partial charge is 0.462 e. The van der Waals surface area contributed by atoms with Crippen molar-refractivity contribution in [3.63, 3.8) is 0 Å². The van der Waals surface area contributed by atoms with Crippen LogP contribution in [0.3, 0.4) is 0 Å². The Morgan fingerprint density at radius 3 is 1.64 bits per heavy atom. The second kappa shape index (κ2) is 9.38. The van der Waals surface area contributed by atoms with Crippen LogP contribution in [0.4, 0.5) is 26.3 Å². The number of halogens is 6. The summed E-state index contributed by atoms with van der Waals surface area (Å²) in [6.45, 7) is 4.73. The average Bonchev–Trinajstić information content (AvgIpc) is 2.74. The molecule has 4 aliphatic carbocycles. The first-order chi connectivity index (χ1) is 16.4. The number of carbonyl (C=O) groups excluding carboxylic acids is 3. The van der Waals surface area contributed by atoms with Gasteiger partial charge in [-0.2, -0.15) is 26.3 Å². The summed E-state index contributed by atoms with van der Waals surface area (Å²) >= 11 is 0. The number of carbonyl (C=O) groups is 3. The lowest BCUT2D eigenvalue weighted by Crippen LogP contribution is -2.61. The van der Waals surface area contributed by atoms with Crippen molar-refractivity contribution in [2.24, 2.45) is 34.5 Å². The molecule has 206 valence electrons. The number of hydrogen-bond donors (Lipinski definition) is 0. The molecule has 12 heteroatoms. The molecule has 4 aliphatic rings.